The number of rotatable bonds is 3. The maximum atomic E-state index is 12.8. The van der Waals surface area contributed by atoms with Gasteiger partial charge < -0.3 is 9.73 Å². The monoisotopic (exact) mass is 424 g/mol. The number of hydrogen-bond donors (Lipinski definition) is 1. The zero-order chi connectivity index (χ0) is 19.9. The van der Waals surface area contributed by atoms with E-state index in [1.807, 2.05) is 13.0 Å². The Hall–Kier alpha value is -1.60. The van der Waals surface area contributed by atoms with Crippen molar-refractivity contribution in [2.24, 2.45) is 5.41 Å². The number of fused-ring (bicyclic) bond motifs is 1. The van der Waals surface area contributed by atoms with Gasteiger partial charge in [-0.1, -0.05) is 18.5 Å². The lowest BCUT2D eigenvalue weighted by Gasteiger charge is -2.35. The summed E-state index contributed by atoms with van der Waals surface area (Å²) in [5, 5.41) is 3.80. The number of oxazole rings is 1. The molecule has 0 atom stereocenters. The third-order valence-corrected chi connectivity index (χ3v) is 8.14. The maximum Gasteiger partial charge on any atom is 0.226 e. The molecule has 1 saturated heterocycles. The second kappa shape index (κ2) is 7.34. The topological polar surface area (TPSA) is 89.3 Å². The first-order chi connectivity index (χ1) is 13.2. The second-order valence-electron chi connectivity index (χ2n) is 8.40. The lowest BCUT2D eigenvalue weighted by Crippen LogP contribution is -2.48. The third kappa shape index (κ3) is 4.06. The molecule has 2 fully saturated rings. The van der Waals surface area contributed by atoms with Gasteiger partial charge in [-0.05, 0) is 56.7 Å². The van der Waals surface area contributed by atoms with Gasteiger partial charge in [0, 0.05) is 22.4 Å². The largest absolute Gasteiger partial charge is 0.440 e. The molecule has 4 rings (SSSR count). The summed E-state index contributed by atoms with van der Waals surface area (Å²) >= 11 is 6.02. The summed E-state index contributed by atoms with van der Waals surface area (Å²) < 4.78 is 29.2. The number of carbonyl (C=O) groups excluding carboxylic acids is 1. The van der Waals surface area contributed by atoms with Gasteiger partial charge in [0.15, 0.2) is 11.5 Å². The minimum absolute atomic E-state index is 0.0117. The fourth-order valence-corrected chi connectivity index (χ4v) is 6.05. The molecule has 2 aromatic rings. The molecule has 0 radical (unpaired) electrons. The van der Waals surface area contributed by atoms with E-state index in [4.69, 9.17) is 16.0 Å². The SMILES string of the molecule is CC1(C(=O)NC2CCC(c3nc4cc(Cl)ccc4o3)CC2)CCS(=O)(=O)CC1. The van der Waals surface area contributed by atoms with E-state index in [-0.39, 0.29) is 29.4 Å². The Bertz CT molecular complexity index is 979. The van der Waals surface area contributed by atoms with E-state index in [2.05, 4.69) is 10.3 Å². The molecule has 0 unspecified atom stereocenters. The van der Waals surface area contributed by atoms with Crippen molar-refractivity contribution in [1.82, 2.24) is 10.3 Å². The molecule has 0 bridgehead atoms. The fraction of sp³-hybridized carbons (Fsp3) is 0.600. The van der Waals surface area contributed by atoms with Crippen LogP contribution in [0.2, 0.25) is 5.02 Å². The standard InChI is InChI=1S/C20H25ClN2O4S/c1-20(8-10-28(25,26)11-9-20)19(24)22-15-5-2-13(3-6-15)18-23-16-12-14(21)4-7-17(16)27-18/h4,7,12-13,15H,2-3,5-6,8-11H2,1H3,(H,22,24). The van der Waals surface area contributed by atoms with Crippen molar-refractivity contribution >= 4 is 38.4 Å². The van der Waals surface area contributed by atoms with Gasteiger partial charge in [-0.2, -0.15) is 0 Å². The molecule has 1 N–H and O–H groups in total. The van der Waals surface area contributed by atoms with E-state index in [1.165, 1.54) is 0 Å². The van der Waals surface area contributed by atoms with Crippen LogP contribution >= 0.6 is 11.6 Å². The Morgan fingerprint density at radius 1 is 1.21 bits per heavy atom. The van der Waals surface area contributed by atoms with Gasteiger partial charge in [-0.25, -0.2) is 13.4 Å². The van der Waals surface area contributed by atoms with E-state index in [0.717, 1.165) is 42.7 Å². The Morgan fingerprint density at radius 3 is 2.57 bits per heavy atom. The molecular weight excluding hydrogens is 400 g/mol. The molecule has 1 amide bonds. The summed E-state index contributed by atoms with van der Waals surface area (Å²) in [5.41, 5.74) is 0.940. The van der Waals surface area contributed by atoms with Gasteiger partial charge >= 0.3 is 0 Å². The van der Waals surface area contributed by atoms with Crippen molar-refractivity contribution in [2.75, 3.05) is 11.5 Å². The number of sulfone groups is 1. The Balaban J connectivity index is 1.34. The first-order valence-corrected chi connectivity index (χ1v) is 12.0. The van der Waals surface area contributed by atoms with Crippen LogP contribution in [0.1, 0.15) is 57.3 Å². The van der Waals surface area contributed by atoms with Crippen molar-refractivity contribution in [3.63, 3.8) is 0 Å². The zero-order valence-electron chi connectivity index (χ0n) is 15.9. The predicted octanol–water partition coefficient (Wildman–Crippen LogP) is 3.84. The number of hydrogen-bond acceptors (Lipinski definition) is 5. The molecule has 8 heteroatoms. The lowest BCUT2D eigenvalue weighted by molar-refractivity contribution is -0.131. The fourth-order valence-electron chi connectivity index (χ4n) is 4.15. The molecule has 1 aromatic heterocycles. The molecule has 1 aromatic carbocycles. The molecule has 1 aliphatic heterocycles. The molecule has 0 spiro atoms. The normalized spacial score (nSPS) is 26.8. The summed E-state index contributed by atoms with van der Waals surface area (Å²) in [6.45, 7) is 1.88. The molecular formula is C20H25ClN2O4S. The highest BCUT2D eigenvalue weighted by atomic mass is 35.5. The number of amides is 1. The van der Waals surface area contributed by atoms with Crippen molar-refractivity contribution < 1.29 is 17.6 Å². The van der Waals surface area contributed by atoms with Gasteiger partial charge in [0.25, 0.3) is 0 Å². The lowest BCUT2D eigenvalue weighted by atomic mass is 9.81. The summed E-state index contributed by atoms with van der Waals surface area (Å²) in [4.78, 5) is 17.3. The Kier molecular flexibility index (Phi) is 5.16. The van der Waals surface area contributed by atoms with E-state index in [0.29, 0.717) is 17.9 Å². The number of aromatic nitrogens is 1. The van der Waals surface area contributed by atoms with Crippen molar-refractivity contribution in [3.8, 4) is 0 Å². The van der Waals surface area contributed by atoms with Crippen LogP contribution < -0.4 is 5.32 Å². The van der Waals surface area contributed by atoms with Crippen molar-refractivity contribution in [2.45, 2.75) is 57.4 Å². The smallest absolute Gasteiger partial charge is 0.226 e. The number of carbonyl (C=O) groups is 1. The number of nitrogens with zero attached hydrogens (tertiary/aromatic N) is 1. The van der Waals surface area contributed by atoms with E-state index in [1.54, 1.807) is 12.1 Å². The van der Waals surface area contributed by atoms with Crippen LogP contribution in [0.3, 0.4) is 0 Å². The molecule has 6 nitrogen and oxygen atoms in total. The number of benzene rings is 1. The van der Waals surface area contributed by atoms with Gasteiger partial charge in [0.1, 0.15) is 15.4 Å². The minimum atomic E-state index is -2.98. The summed E-state index contributed by atoms with van der Waals surface area (Å²) in [5.74, 6) is 1.18. The van der Waals surface area contributed by atoms with Crippen LogP contribution in [-0.2, 0) is 14.6 Å². The van der Waals surface area contributed by atoms with Gasteiger partial charge in [0.2, 0.25) is 5.91 Å². The molecule has 152 valence electrons. The predicted molar refractivity (Wildman–Crippen MR) is 108 cm³/mol. The number of nitrogens with one attached hydrogen (secondary N) is 1. The van der Waals surface area contributed by atoms with Crippen LogP contribution in [0.25, 0.3) is 11.1 Å². The minimum Gasteiger partial charge on any atom is -0.440 e. The van der Waals surface area contributed by atoms with E-state index >= 15 is 0 Å². The zero-order valence-corrected chi connectivity index (χ0v) is 17.5. The average molecular weight is 425 g/mol. The maximum absolute atomic E-state index is 12.8. The first kappa shape index (κ1) is 19.7. The van der Waals surface area contributed by atoms with Crippen LogP contribution in [-0.4, -0.2) is 36.9 Å². The van der Waals surface area contributed by atoms with E-state index < -0.39 is 15.3 Å². The summed E-state index contributed by atoms with van der Waals surface area (Å²) in [7, 11) is -2.98. The molecule has 2 heterocycles. The molecule has 1 aliphatic carbocycles. The van der Waals surface area contributed by atoms with Crippen LogP contribution in [0.15, 0.2) is 22.6 Å². The highest BCUT2D eigenvalue weighted by molar-refractivity contribution is 7.91. The van der Waals surface area contributed by atoms with Crippen molar-refractivity contribution in [1.29, 1.82) is 0 Å². The molecule has 2 aliphatic rings. The summed E-state index contributed by atoms with van der Waals surface area (Å²) in [6, 6.07) is 5.56. The number of halogens is 1. The third-order valence-electron chi connectivity index (χ3n) is 6.26. The average Bonchev–Trinajstić information content (AvgIpc) is 3.08. The molecule has 1 saturated carbocycles. The first-order valence-electron chi connectivity index (χ1n) is 9.81. The Morgan fingerprint density at radius 2 is 1.89 bits per heavy atom. The molecule has 28 heavy (non-hydrogen) atoms. The second-order valence-corrected chi connectivity index (χ2v) is 11.1. The summed E-state index contributed by atoms with van der Waals surface area (Å²) in [6.07, 6.45) is 4.34. The van der Waals surface area contributed by atoms with E-state index in [9.17, 15) is 13.2 Å². The Labute approximate surface area is 169 Å². The van der Waals surface area contributed by atoms with Crippen LogP contribution in [0.5, 0.6) is 0 Å². The van der Waals surface area contributed by atoms with Gasteiger partial charge in [-0.15, -0.1) is 0 Å². The quantitative estimate of drug-likeness (QED) is 0.808. The van der Waals surface area contributed by atoms with Crippen LogP contribution in [0.4, 0.5) is 0 Å². The van der Waals surface area contributed by atoms with Gasteiger partial charge in [-0.3, -0.25) is 4.79 Å². The highest BCUT2D eigenvalue weighted by Crippen LogP contribution is 2.36. The van der Waals surface area contributed by atoms with Crippen molar-refractivity contribution in [3.05, 3.63) is 29.1 Å². The van der Waals surface area contributed by atoms with Gasteiger partial charge in [0.05, 0.1) is 11.5 Å². The highest BCUT2D eigenvalue weighted by Gasteiger charge is 2.40. The van der Waals surface area contributed by atoms with Crippen LogP contribution in [0, 0.1) is 5.41 Å².